The first-order valence-electron chi connectivity index (χ1n) is 6.60. The summed E-state index contributed by atoms with van der Waals surface area (Å²) in [7, 11) is 0. The Balaban J connectivity index is 4.21. The zero-order valence-electron chi connectivity index (χ0n) is 13.0. The van der Waals surface area contributed by atoms with E-state index in [1.165, 1.54) is 0 Å². The maximum Gasteiger partial charge on any atom is 0.0831 e. The lowest BCUT2D eigenvalue weighted by atomic mass is 10.1. The van der Waals surface area contributed by atoms with E-state index < -0.39 is 0 Å². The second-order valence-corrected chi connectivity index (χ2v) is 6.73. The van der Waals surface area contributed by atoms with E-state index in [1.54, 1.807) is 0 Å². The predicted molar refractivity (Wildman–Crippen MR) is 77.8 cm³/mol. The van der Waals surface area contributed by atoms with Crippen LogP contribution in [0.5, 0.6) is 0 Å². The highest BCUT2D eigenvalue weighted by Crippen LogP contribution is 2.13. The van der Waals surface area contributed by atoms with Gasteiger partial charge in [-0.1, -0.05) is 6.92 Å². The number of hydrogen-bond donors (Lipinski definition) is 1. The van der Waals surface area contributed by atoms with Crippen molar-refractivity contribution in [1.29, 1.82) is 0 Å². The Bertz CT molecular complexity index is 233. The summed E-state index contributed by atoms with van der Waals surface area (Å²) in [5, 5.41) is 3.27. The molecule has 0 heterocycles. The summed E-state index contributed by atoms with van der Waals surface area (Å²) < 4.78 is 0. The fourth-order valence-corrected chi connectivity index (χ4v) is 1.60. The molecule has 0 bridgehead atoms. The van der Waals surface area contributed by atoms with E-state index in [2.05, 4.69) is 70.6 Å². The highest BCUT2D eigenvalue weighted by molar-refractivity contribution is 5.55. The second kappa shape index (κ2) is 6.39. The first-order chi connectivity index (χ1) is 7.56. The smallest absolute Gasteiger partial charge is 0.0831 e. The first kappa shape index (κ1) is 16.4. The number of aliphatic imine (C=N–C) groups is 1. The summed E-state index contributed by atoms with van der Waals surface area (Å²) in [5.41, 5.74) is 0.313. The molecule has 1 unspecified atom stereocenters. The van der Waals surface area contributed by atoms with Crippen molar-refractivity contribution in [1.82, 2.24) is 10.2 Å². The van der Waals surface area contributed by atoms with Crippen LogP contribution in [0.2, 0.25) is 0 Å². The lowest BCUT2D eigenvalue weighted by Crippen LogP contribution is -2.44. The van der Waals surface area contributed by atoms with Gasteiger partial charge in [-0.2, -0.15) is 0 Å². The molecule has 1 atom stereocenters. The van der Waals surface area contributed by atoms with E-state index in [0.29, 0.717) is 6.04 Å². The third kappa shape index (κ3) is 8.19. The second-order valence-electron chi connectivity index (χ2n) is 6.73. The molecule has 17 heavy (non-hydrogen) atoms. The van der Waals surface area contributed by atoms with Crippen LogP contribution >= 0.6 is 0 Å². The van der Waals surface area contributed by atoms with E-state index in [0.717, 1.165) is 13.1 Å². The van der Waals surface area contributed by atoms with Gasteiger partial charge in [0.2, 0.25) is 0 Å². The van der Waals surface area contributed by atoms with Gasteiger partial charge in [-0.25, -0.2) is 0 Å². The lowest BCUT2D eigenvalue weighted by molar-refractivity contribution is 0.138. The van der Waals surface area contributed by atoms with Gasteiger partial charge in [0.05, 0.1) is 12.4 Å². The average Bonchev–Trinajstić information content (AvgIpc) is 2.10. The van der Waals surface area contributed by atoms with Gasteiger partial charge in [-0.3, -0.25) is 9.89 Å². The van der Waals surface area contributed by atoms with Crippen molar-refractivity contribution in [2.75, 3.05) is 13.1 Å². The summed E-state index contributed by atoms with van der Waals surface area (Å²) in [4.78, 5) is 6.98. The van der Waals surface area contributed by atoms with Crippen molar-refractivity contribution in [3.8, 4) is 0 Å². The monoisotopic (exact) mass is 241 g/mol. The number of rotatable bonds is 5. The van der Waals surface area contributed by atoms with Crippen LogP contribution in [0.1, 0.15) is 55.4 Å². The molecule has 1 N–H and O–H groups in total. The summed E-state index contributed by atoms with van der Waals surface area (Å²) in [6.07, 6.45) is 1.85. The minimum absolute atomic E-state index is 0.0949. The molecular formula is C14H31N3. The number of hydrogen-bond acceptors (Lipinski definition) is 2. The number of nitrogens with one attached hydrogen (secondary N) is 1. The minimum atomic E-state index is 0.0949. The highest BCUT2D eigenvalue weighted by atomic mass is 15.2. The van der Waals surface area contributed by atoms with Crippen LogP contribution in [-0.2, 0) is 0 Å². The van der Waals surface area contributed by atoms with Crippen molar-refractivity contribution >= 4 is 6.34 Å². The van der Waals surface area contributed by atoms with Crippen molar-refractivity contribution in [3.05, 3.63) is 0 Å². The Hall–Kier alpha value is -0.570. The van der Waals surface area contributed by atoms with E-state index >= 15 is 0 Å². The van der Waals surface area contributed by atoms with Crippen molar-refractivity contribution in [2.24, 2.45) is 4.99 Å². The Labute approximate surface area is 108 Å². The third-order valence-electron chi connectivity index (χ3n) is 2.64. The molecular weight excluding hydrogens is 210 g/mol. The molecule has 3 nitrogen and oxygen atoms in total. The molecule has 0 saturated heterocycles. The maximum absolute atomic E-state index is 4.53. The zero-order valence-corrected chi connectivity index (χ0v) is 13.0. The molecule has 0 saturated carbocycles. The SMILES string of the molecule is CCN(CC(C)N=CNC(C)(C)C)C(C)(C)C. The van der Waals surface area contributed by atoms with Crippen LogP contribution in [0.4, 0.5) is 0 Å². The molecule has 0 aliphatic rings. The van der Waals surface area contributed by atoms with Crippen LogP contribution in [0, 0.1) is 0 Å². The van der Waals surface area contributed by atoms with Crippen LogP contribution in [0.25, 0.3) is 0 Å². The molecule has 0 aliphatic heterocycles. The van der Waals surface area contributed by atoms with Gasteiger partial charge in [0.1, 0.15) is 0 Å². The predicted octanol–water partition coefficient (Wildman–Crippen LogP) is 2.91. The van der Waals surface area contributed by atoms with E-state index in [1.807, 2.05) is 6.34 Å². The van der Waals surface area contributed by atoms with Gasteiger partial charge in [-0.15, -0.1) is 0 Å². The van der Waals surface area contributed by atoms with Gasteiger partial charge in [0.15, 0.2) is 0 Å². The quantitative estimate of drug-likeness (QED) is 0.592. The van der Waals surface area contributed by atoms with Gasteiger partial charge >= 0.3 is 0 Å². The van der Waals surface area contributed by atoms with Gasteiger partial charge < -0.3 is 5.32 Å². The summed E-state index contributed by atoms with van der Waals surface area (Å²) in [5.74, 6) is 0. The summed E-state index contributed by atoms with van der Waals surface area (Å²) in [6.45, 7) is 19.6. The molecule has 0 aromatic rings. The van der Waals surface area contributed by atoms with Crippen LogP contribution in [0.15, 0.2) is 4.99 Å². The lowest BCUT2D eigenvalue weighted by Gasteiger charge is -2.35. The van der Waals surface area contributed by atoms with E-state index in [-0.39, 0.29) is 11.1 Å². The zero-order chi connectivity index (χ0) is 13.7. The molecule has 0 amide bonds. The largest absolute Gasteiger partial charge is 0.372 e. The average molecular weight is 241 g/mol. The standard InChI is InChI=1S/C14H31N3/c1-9-17(14(6,7)8)10-12(2)15-11-16-13(3,4)5/h11-12H,9-10H2,1-8H3,(H,15,16). The fourth-order valence-electron chi connectivity index (χ4n) is 1.60. The molecule has 0 rings (SSSR count). The molecule has 0 aromatic heterocycles. The van der Waals surface area contributed by atoms with Crippen molar-refractivity contribution < 1.29 is 0 Å². The van der Waals surface area contributed by atoms with Crippen LogP contribution in [0.3, 0.4) is 0 Å². The Kier molecular flexibility index (Phi) is 6.17. The molecule has 102 valence electrons. The molecule has 0 radical (unpaired) electrons. The molecule has 3 heteroatoms. The Morgan fingerprint density at radius 1 is 1.18 bits per heavy atom. The van der Waals surface area contributed by atoms with Crippen LogP contribution in [-0.4, -0.2) is 41.4 Å². The van der Waals surface area contributed by atoms with E-state index in [4.69, 9.17) is 0 Å². The topological polar surface area (TPSA) is 27.6 Å². The van der Waals surface area contributed by atoms with Crippen LogP contribution < -0.4 is 5.32 Å². The highest BCUT2D eigenvalue weighted by Gasteiger charge is 2.20. The molecule has 0 fully saturated rings. The number of nitrogens with zero attached hydrogens (tertiary/aromatic N) is 2. The number of likely N-dealkylation sites (N-methyl/N-ethyl adjacent to an activating group) is 1. The van der Waals surface area contributed by atoms with Gasteiger partial charge in [0, 0.05) is 17.6 Å². The molecule has 0 aromatic carbocycles. The molecule has 0 spiro atoms. The Morgan fingerprint density at radius 2 is 1.71 bits per heavy atom. The van der Waals surface area contributed by atoms with E-state index in [9.17, 15) is 0 Å². The maximum atomic E-state index is 4.53. The summed E-state index contributed by atoms with van der Waals surface area (Å²) in [6, 6.07) is 0.323. The third-order valence-corrected chi connectivity index (χ3v) is 2.64. The van der Waals surface area contributed by atoms with Crippen molar-refractivity contribution in [3.63, 3.8) is 0 Å². The van der Waals surface area contributed by atoms with Crippen molar-refractivity contribution in [2.45, 2.75) is 72.5 Å². The van der Waals surface area contributed by atoms with Gasteiger partial charge in [-0.05, 0) is 55.0 Å². The normalized spacial score (nSPS) is 15.6. The minimum Gasteiger partial charge on any atom is -0.372 e. The van der Waals surface area contributed by atoms with Gasteiger partial charge in [0.25, 0.3) is 0 Å². The summed E-state index contributed by atoms with van der Waals surface area (Å²) >= 11 is 0. The molecule has 0 aliphatic carbocycles. The first-order valence-corrected chi connectivity index (χ1v) is 6.60. The fraction of sp³-hybridized carbons (Fsp3) is 0.929. The Morgan fingerprint density at radius 3 is 2.06 bits per heavy atom.